The Labute approximate surface area is 126 Å². The van der Waals surface area contributed by atoms with E-state index in [2.05, 4.69) is 15.9 Å². The van der Waals surface area contributed by atoms with Crippen molar-refractivity contribution in [2.75, 3.05) is 0 Å². The first-order valence-electron chi connectivity index (χ1n) is 6.32. The van der Waals surface area contributed by atoms with Gasteiger partial charge in [-0.1, -0.05) is 28.1 Å². The lowest BCUT2D eigenvalue weighted by atomic mass is 10.1. The molecule has 1 atom stereocenters. The summed E-state index contributed by atoms with van der Waals surface area (Å²) in [5, 5.41) is 9.53. The van der Waals surface area contributed by atoms with Gasteiger partial charge >= 0.3 is 0 Å². The van der Waals surface area contributed by atoms with Crippen molar-refractivity contribution in [3.05, 3.63) is 63.4 Å². The zero-order valence-electron chi connectivity index (χ0n) is 11.4. The number of aliphatic hydroxyl groups is 1. The summed E-state index contributed by atoms with van der Waals surface area (Å²) in [5.41, 5.74) is 2.70. The molecule has 0 fully saturated rings. The molecule has 2 nitrogen and oxygen atoms in total. The molecule has 0 saturated heterocycles. The molecule has 0 aliphatic heterocycles. The number of hydrogen-bond acceptors (Lipinski definition) is 2. The molecule has 106 valence electrons. The first-order valence-corrected chi connectivity index (χ1v) is 7.12. The molecular weight excluding hydrogens is 323 g/mol. The SMILES string of the molecule is Cc1cc(C(C)O)ccc1OCc1ccc(F)cc1Br. The Bertz CT molecular complexity index is 611. The number of hydrogen-bond donors (Lipinski definition) is 1. The molecule has 0 aliphatic carbocycles. The van der Waals surface area contributed by atoms with Gasteiger partial charge in [0.1, 0.15) is 18.2 Å². The van der Waals surface area contributed by atoms with Crippen LogP contribution in [-0.2, 0) is 6.61 Å². The predicted molar refractivity (Wildman–Crippen MR) is 80.2 cm³/mol. The van der Waals surface area contributed by atoms with Gasteiger partial charge in [0.05, 0.1) is 6.10 Å². The zero-order valence-corrected chi connectivity index (χ0v) is 12.9. The Kier molecular flexibility index (Phi) is 4.78. The fourth-order valence-electron chi connectivity index (χ4n) is 1.89. The molecule has 1 N–H and O–H groups in total. The highest BCUT2D eigenvalue weighted by Crippen LogP contribution is 2.25. The van der Waals surface area contributed by atoms with Gasteiger partial charge in [0.2, 0.25) is 0 Å². The first-order chi connectivity index (χ1) is 9.47. The van der Waals surface area contributed by atoms with Crippen LogP contribution in [0.25, 0.3) is 0 Å². The minimum atomic E-state index is -0.492. The number of aliphatic hydroxyl groups excluding tert-OH is 1. The van der Waals surface area contributed by atoms with Gasteiger partial charge in [0.25, 0.3) is 0 Å². The molecule has 2 aromatic rings. The molecule has 0 bridgehead atoms. The van der Waals surface area contributed by atoms with Crippen LogP contribution in [0.2, 0.25) is 0 Å². The molecule has 0 saturated carbocycles. The van der Waals surface area contributed by atoms with Gasteiger partial charge in [-0.25, -0.2) is 4.39 Å². The summed E-state index contributed by atoms with van der Waals surface area (Å²) in [5.74, 6) is 0.476. The lowest BCUT2D eigenvalue weighted by Crippen LogP contribution is -1.99. The fourth-order valence-corrected chi connectivity index (χ4v) is 2.35. The number of halogens is 2. The smallest absolute Gasteiger partial charge is 0.124 e. The summed E-state index contributed by atoms with van der Waals surface area (Å²) < 4.78 is 19.4. The second-order valence-corrected chi connectivity index (χ2v) is 5.58. The largest absolute Gasteiger partial charge is 0.489 e. The van der Waals surface area contributed by atoms with Gasteiger partial charge in [-0.15, -0.1) is 0 Å². The van der Waals surface area contributed by atoms with E-state index in [1.165, 1.54) is 12.1 Å². The summed E-state index contributed by atoms with van der Waals surface area (Å²) in [7, 11) is 0. The van der Waals surface area contributed by atoms with Crippen molar-refractivity contribution < 1.29 is 14.2 Å². The number of ether oxygens (including phenoxy) is 1. The van der Waals surface area contributed by atoms with Gasteiger partial charge < -0.3 is 9.84 Å². The summed E-state index contributed by atoms with van der Waals surface area (Å²) >= 11 is 3.32. The molecule has 0 spiro atoms. The first kappa shape index (κ1) is 15.0. The van der Waals surface area contributed by atoms with Gasteiger partial charge in [-0.05, 0) is 49.2 Å². The quantitative estimate of drug-likeness (QED) is 0.887. The van der Waals surface area contributed by atoms with E-state index in [4.69, 9.17) is 4.74 Å². The molecule has 20 heavy (non-hydrogen) atoms. The molecule has 2 rings (SSSR count). The van der Waals surface area contributed by atoms with Gasteiger partial charge in [0, 0.05) is 10.0 Å². The Morgan fingerprint density at radius 3 is 2.60 bits per heavy atom. The number of aryl methyl sites for hydroxylation is 1. The topological polar surface area (TPSA) is 29.5 Å². The second kappa shape index (κ2) is 6.37. The third kappa shape index (κ3) is 3.58. The molecule has 0 aliphatic rings. The number of benzene rings is 2. The highest BCUT2D eigenvalue weighted by molar-refractivity contribution is 9.10. The predicted octanol–water partition coefficient (Wildman–Crippen LogP) is 4.53. The summed E-state index contributed by atoms with van der Waals surface area (Å²) in [6, 6.07) is 10.1. The van der Waals surface area contributed by atoms with Gasteiger partial charge in [-0.3, -0.25) is 0 Å². The number of rotatable bonds is 4. The highest BCUT2D eigenvalue weighted by Gasteiger charge is 2.07. The van der Waals surface area contributed by atoms with E-state index < -0.39 is 6.10 Å². The Balaban J connectivity index is 2.11. The maximum Gasteiger partial charge on any atom is 0.124 e. The van der Waals surface area contributed by atoms with E-state index >= 15 is 0 Å². The second-order valence-electron chi connectivity index (χ2n) is 4.73. The van der Waals surface area contributed by atoms with Crippen LogP contribution in [0.3, 0.4) is 0 Å². The third-order valence-corrected chi connectivity index (χ3v) is 3.82. The molecular formula is C16H16BrFO2. The highest BCUT2D eigenvalue weighted by atomic mass is 79.9. The molecule has 2 aromatic carbocycles. The summed E-state index contributed by atoms with van der Waals surface area (Å²) in [6.07, 6.45) is -0.492. The molecule has 0 radical (unpaired) electrons. The van der Waals surface area contributed by atoms with Crippen LogP contribution >= 0.6 is 15.9 Å². The average molecular weight is 339 g/mol. The van der Waals surface area contributed by atoms with Crippen molar-refractivity contribution in [2.24, 2.45) is 0 Å². The van der Waals surface area contributed by atoms with Gasteiger partial charge in [0.15, 0.2) is 0 Å². The van der Waals surface area contributed by atoms with Crippen LogP contribution in [0.4, 0.5) is 4.39 Å². The maximum absolute atomic E-state index is 13.0. The van der Waals surface area contributed by atoms with Crippen molar-refractivity contribution >= 4 is 15.9 Å². The van der Waals surface area contributed by atoms with Crippen molar-refractivity contribution in [3.63, 3.8) is 0 Å². The van der Waals surface area contributed by atoms with E-state index in [1.807, 2.05) is 25.1 Å². The summed E-state index contributed by atoms with van der Waals surface area (Å²) in [6.45, 7) is 4.02. The third-order valence-electron chi connectivity index (χ3n) is 3.08. The van der Waals surface area contributed by atoms with Crippen LogP contribution in [-0.4, -0.2) is 5.11 Å². The van der Waals surface area contributed by atoms with E-state index in [0.717, 1.165) is 22.4 Å². The van der Waals surface area contributed by atoms with E-state index in [0.29, 0.717) is 11.1 Å². The Hall–Kier alpha value is -1.39. The molecule has 1 unspecified atom stereocenters. The van der Waals surface area contributed by atoms with Crippen molar-refractivity contribution in [1.82, 2.24) is 0 Å². The molecule has 0 amide bonds. The zero-order chi connectivity index (χ0) is 14.7. The van der Waals surface area contributed by atoms with Crippen LogP contribution in [0.5, 0.6) is 5.75 Å². The lowest BCUT2D eigenvalue weighted by Gasteiger charge is -2.12. The lowest BCUT2D eigenvalue weighted by molar-refractivity contribution is 0.199. The van der Waals surface area contributed by atoms with Crippen LogP contribution < -0.4 is 4.74 Å². The van der Waals surface area contributed by atoms with Gasteiger partial charge in [-0.2, -0.15) is 0 Å². The molecule has 0 heterocycles. The normalized spacial score (nSPS) is 12.2. The molecule has 0 aromatic heterocycles. The molecule has 4 heteroatoms. The standard InChI is InChI=1S/C16H16BrFO2/c1-10-7-12(11(2)19)4-6-16(10)20-9-13-3-5-14(18)8-15(13)17/h3-8,11,19H,9H2,1-2H3. The monoisotopic (exact) mass is 338 g/mol. The summed E-state index contributed by atoms with van der Waals surface area (Å²) in [4.78, 5) is 0. The van der Waals surface area contributed by atoms with Crippen LogP contribution in [0.1, 0.15) is 29.7 Å². The fraction of sp³-hybridized carbons (Fsp3) is 0.250. The minimum absolute atomic E-state index is 0.280. The Morgan fingerprint density at radius 1 is 1.25 bits per heavy atom. The van der Waals surface area contributed by atoms with E-state index in [-0.39, 0.29) is 5.82 Å². The van der Waals surface area contributed by atoms with E-state index in [9.17, 15) is 9.50 Å². The Morgan fingerprint density at radius 2 is 2.00 bits per heavy atom. The van der Waals surface area contributed by atoms with Crippen molar-refractivity contribution in [1.29, 1.82) is 0 Å². The maximum atomic E-state index is 13.0. The minimum Gasteiger partial charge on any atom is -0.489 e. The van der Waals surface area contributed by atoms with Crippen molar-refractivity contribution in [2.45, 2.75) is 26.6 Å². The van der Waals surface area contributed by atoms with Crippen LogP contribution in [0.15, 0.2) is 40.9 Å². The van der Waals surface area contributed by atoms with Crippen LogP contribution in [0, 0.1) is 12.7 Å². The average Bonchev–Trinajstić information content (AvgIpc) is 2.38. The van der Waals surface area contributed by atoms with E-state index in [1.54, 1.807) is 13.0 Å². The van der Waals surface area contributed by atoms with Crippen molar-refractivity contribution in [3.8, 4) is 5.75 Å².